The van der Waals surface area contributed by atoms with Crippen molar-refractivity contribution in [2.45, 2.75) is 12.6 Å². The smallest absolute Gasteiger partial charge is 0.129 e. The fourth-order valence-electron chi connectivity index (χ4n) is 2.58. The molecule has 3 rings (SSSR count). The van der Waals surface area contributed by atoms with Gasteiger partial charge in [-0.1, -0.05) is 17.7 Å². The van der Waals surface area contributed by atoms with Gasteiger partial charge in [0.25, 0.3) is 0 Å². The number of halogens is 1. The Morgan fingerprint density at radius 3 is 2.56 bits per heavy atom. The maximum absolute atomic E-state index is 5.79. The van der Waals surface area contributed by atoms with Gasteiger partial charge in [-0.2, -0.15) is 0 Å². The molecule has 1 N–H and O–H groups in total. The number of aromatic nitrogens is 1. The highest BCUT2D eigenvalue weighted by atomic mass is 35.5. The second kappa shape index (κ2) is 5.53. The summed E-state index contributed by atoms with van der Waals surface area (Å²) in [5, 5.41) is 3.91. The fraction of sp³-hybridized carbons (Fsp3) is 0.615. The van der Waals surface area contributed by atoms with Gasteiger partial charge in [0.1, 0.15) is 5.15 Å². The molecule has 2 fully saturated rings. The van der Waals surface area contributed by atoms with Gasteiger partial charge in [-0.05, 0) is 11.6 Å². The van der Waals surface area contributed by atoms with E-state index in [9.17, 15) is 0 Å². The van der Waals surface area contributed by atoms with E-state index < -0.39 is 0 Å². The Bertz CT molecular complexity index is 382. The average molecular weight is 267 g/mol. The van der Waals surface area contributed by atoms with E-state index in [1.165, 1.54) is 31.7 Å². The number of nitrogens with zero attached hydrogens (tertiary/aromatic N) is 3. The molecule has 2 saturated heterocycles. The van der Waals surface area contributed by atoms with Gasteiger partial charge in [-0.25, -0.2) is 4.98 Å². The summed E-state index contributed by atoms with van der Waals surface area (Å²) < 4.78 is 0. The molecule has 0 saturated carbocycles. The quantitative estimate of drug-likeness (QED) is 0.821. The number of rotatable bonds is 3. The average Bonchev–Trinajstić information content (AvgIpc) is 2.32. The van der Waals surface area contributed by atoms with Gasteiger partial charge in [0.05, 0.1) is 0 Å². The van der Waals surface area contributed by atoms with Crippen molar-refractivity contribution in [2.24, 2.45) is 0 Å². The first-order chi connectivity index (χ1) is 8.81. The molecule has 0 aliphatic carbocycles. The van der Waals surface area contributed by atoms with Crippen LogP contribution in [0.2, 0.25) is 5.15 Å². The first-order valence-electron chi connectivity index (χ1n) is 6.59. The van der Waals surface area contributed by atoms with E-state index in [4.69, 9.17) is 11.6 Å². The number of pyridine rings is 1. The molecule has 98 valence electrons. The molecule has 5 heteroatoms. The van der Waals surface area contributed by atoms with Crippen LogP contribution >= 0.6 is 11.6 Å². The molecule has 1 aromatic rings. The van der Waals surface area contributed by atoms with E-state index in [1.807, 2.05) is 12.3 Å². The van der Waals surface area contributed by atoms with Crippen molar-refractivity contribution in [3.8, 4) is 0 Å². The van der Waals surface area contributed by atoms with E-state index in [1.54, 1.807) is 0 Å². The molecule has 3 heterocycles. The summed E-state index contributed by atoms with van der Waals surface area (Å²) in [7, 11) is 0. The predicted octanol–water partition coefficient (Wildman–Crippen LogP) is 0.824. The predicted molar refractivity (Wildman–Crippen MR) is 72.8 cm³/mol. The molecule has 0 bridgehead atoms. The maximum atomic E-state index is 5.79. The third-order valence-electron chi connectivity index (χ3n) is 3.88. The molecule has 0 radical (unpaired) electrons. The SMILES string of the molecule is Clc1ccc(CN2CCN(C3CNC3)CC2)cn1. The highest BCUT2D eigenvalue weighted by molar-refractivity contribution is 6.29. The van der Waals surface area contributed by atoms with Crippen LogP contribution in [-0.4, -0.2) is 60.1 Å². The van der Waals surface area contributed by atoms with E-state index >= 15 is 0 Å². The summed E-state index contributed by atoms with van der Waals surface area (Å²) in [5.41, 5.74) is 1.25. The van der Waals surface area contributed by atoms with Gasteiger partial charge >= 0.3 is 0 Å². The zero-order valence-corrected chi connectivity index (χ0v) is 11.2. The molecular weight excluding hydrogens is 248 g/mol. The molecule has 0 spiro atoms. The summed E-state index contributed by atoms with van der Waals surface area (Å²) in [4.78, 5) is 9.23. The number of nitrogens with one attached hydrogen (secondary N) is 1. The minimum atomic E-state index is 0.570. The first kappa shape index (κ1) is 12.4. The zero-order chi connectivity index (χ0) is 12.4. The molecule has 0 aromatic carbocycles. The maximum Gasteiger partial charge on any atom is 0.129 e. The van der Waals surface area contributed by atoms with E-state index in [2.05, 4.69) is 26.2 Å². The summed E-state index contributed by atoms with van der Waals surface area (Å²) in [5.74, 6) is 0. The van der Waals surface area contributed by atoms with E-state index in [0.29, 0.717) is 5.15 Å². The molecule has 2 aliphatic heterocycles. The monoisotopic (exact) mass is 266 g/mol. The molecule has 1 aromatic heterocycles. The Kier molecular flexibility index (Phi) is 3.80. The highest BCUT2D eigenvalue weighted by Gasteiger charge is 2.27. The van der Waals surface area contributed by atoms with Gasteiger partial charge < -0.3 is 5.32 Å². The lowest BCUT2D eigenvalue weighted by Gasteiger charge is -2.43. The lowest BCUT2D eigenvalue weighted by molar-refractivity contribution is 0.0695. The summed E-state index contributed by atoms with van der Waals surface area (Å²) in [6.45, 7) is 8.00. The lowest BCUT2D eigenvalue weighted by Crippen LogP contribution is -2.61. The minimum Gasteiger partial charge on any atom is -0.314 e. The van der Waals surface area contributed by atoms with Crippen molar-refractivity contribution < 1.29 is 0 Å². The van der Waals surface area contributed by atoms with Crippen LogP contribution in [0.1, 0.15) is 5.56 Å². The molecule has 4 nitrogen and oxygen atoms in total. The van der Waals surface area contributed by atoms with Crippen LogP contribution in [0.25, 0.3) is 0 Å². The number of hydrogen-bond acceptors (Lipinski definition) is 4. The van der Waals surface area contributed by atoms with Gasteiger partial charge in [0, 0.05) is 58.1 Å². The normalized spacial score (nSPS) is 22.9. The van der Waals surface area contributed by atoms with Crippen molar-refractivity contribution in [1.82, 2.24) is 20.1 Å². The van der Waals surface area contributed by atoms with Crippen LogP contribution in [0, 0.1) is 0 Å². The Labute approximate surface area is 113 Å². The van der Waals surface area contributed by atoms with Crippen molar-refractivity contribution in [2.75, 3.05) is 39.3 Å². The van der Waals surface area contributed by atoms with Crippen LogP contribution < -0.4 is 5.32 Å². The second-order valence-corrected chi connectivity index (χ2v) is 5.50. The number of hydrogen-bond donors (Lipinski definition) is 1. The third-order valence-corrected chi connectivity index (χ3v) is 4.10. The minimum absolute atomic E-state index is 0.570. The van der Waals surface area contributed by atoms with Crippen molar-refractivity contribution in [3.63, 3.8) is 0 Å². The van der Waals surface area contributed by atoms with Crippen LogP contribution in [0.4, 0.5) is 0 Å². The first-order valence-corrected chi connectivity index (χ1v) is 6.96. The summed E-state index contributed by atoms with van der Waals surface area (Å²) in [6.07, 6.45) is 1.88. The molecule has 2 aliphatic rings. The molecular formula is C13H19ClN4. The van der Waals surface area contributed by atoms with Gasteiger partial charge in [-0.3, -0.25) is 9.80 Å². The fourth-order valence-corrected chi connectivity index (χ4v) is 2.69. The Balaban J connectivity index is 1.48. The Morgan fingerprint density at radius 2 is 2.00 bits per heavy atom. The van der Waals surface area contributed by atoms with Crippen molar-refractivity contribution in [3.05, 3.63) is 29.0 Å². The van der Waals surface area contributed by atoms with Crippen LogP contribution in [-0.2, 0) is 6.54 Å². The van der Waals surface area contributed by atoms with Crippen LogP contribution in [0.15, 0.2) is 18.3 Å². The van der Waals surface area contributed by atoms with Gasteiger partial charge in [0.15, 0.2) is 0 Å². The molecule has 0 unspecified atom stereocenters. The van der Waals surface area contributed by atoms with Crippen molar-refractivity contribution in [1.29, 1.82) is 0 Å². The Morgan fingerprint density at radius 1 is 1.22 bits per heavy atom. The highest BCUT2D eigenvalue weighted by Crippen LogP contribution is 2.13. The molecule has 18 heavy (non-hydrogen) atoms. The standard InChI is InChI=1S/C13H19ClN4/c14-13-2-1-11(7-16-13)10-17-3-5-18(6-4-17)12-8-15-9-12/h1-2,7,12,15H,3-6,8-10H2. The summed E-state index contributed by atoms with van der Waals surface area (Å²) >= 11 is 5.79. The van der Waals surface area contributed by atoms with E-state index in [-0.39, 0.29) is 0 Å². The van der Waals surface area contributed by atoms with E-state index in [0.717, 1.165) is 25.7 Å². The molecule has 0 atom stereocenters. The zero-order valence-electron chi connectivity index (χ0n) is 10.5. The lowest BCUT2D eigenvalue weighted by atomic mass is 10.1. The topological polar surface area (TPSA) is 31.4 Å². The molecule has 0 amide bonds. The van der Waals surface area contributed by atoms with Crippen molar-refractivity contribution >= 4 is 11.6 Å². The van der Waals surface area contributed by atoms with Gasteiger partial charge in [0.2, 0.25) is 0 Å². The largest absolute Gasteiger partial charge is 0.314 e. The summed E-state index contributed by atoms with van der Waals surface area (Å²) in [6, 6.07) is 4.72. The van der Waals surface area contributed by atoms with Crippen LogP contribution in [0.3, 0.4) is 0 Å². The Hall–Kier alpha value is -0.680. The second-order valence-electron chi connectivity index (χ2n) is 5.11. The van der Waals surface area contributed by atoms with Gasteiger partial charge in [-0.15, -0.1) is 0 Å². The third kappa shape index (κ3) is 2.83. The number of piperazine rings is 1. The van der Waals surface area contributed by atoms with Crippen LogP contribution in [0.5, 0.6) is 0 Å².